The molecule has 0 bridgehead atoms. The zero-order valence-corrected chi connectivity index (χ0v) is 10.8. The minimum atomic E-state index is -4.33. The van der Waals surface area contributed by atoms with Crippen LogP contribution >= 0.6 is 0 Å². The summed E-state index contributed by atoms with van der Waals surface area (Å²) in [5.41, 5.74) is 0.623. The lowest BCUT2D eigenvalue weighted by Crippen LogP contribution is -2.33. The fourth-order valence-electron chi connectivity index (χ4n) is 1.83. The van der Waals surface area contributed by atoms with Crippen LogP contribution in [0.15, 0.2) is 24.4 Å². The Morgan fingerprint density at radius 3 is 2.56 bits per heavy atom. The number of hydrogen-bond donors (Lipinski definition) is 0. The van der Waals surface area contributed by atoms with Crippen molar-refractivity contribution in [2.75, 3.05) is 0 Å². The number of hydrogen-bond acceptors (Lipinski definition) is 2. The third-order valence-corrected chi connectivity index (χ3v) is 3.74. The molecule has 0 radical (unpaired) electrons. The van der Waals surface area contributed by atoms with Gasteiger partial charge in [-0.1, -0.05) is 13.0 Å². The molecule has 0 amide bonds. The van der Waals surface area contributed by atoms with Gasteiger partial charge in [-0.15, -0.1) is 0 Å². The van der Waals surface area contributed by atoms with E-state index in [0.717, 1.165) is 0 Å². The second kappa shape index (κ2) is 6.78. The first-order valence-corrected chi connectivity index (χ1v) is 6.54. The Morgan fingerprint density at radius 2 is 2.11 bits per heavy atom. The molecule has 18 heavy (non-hydrogen) atoms. The Kier molecular flexibility index (Phi) is 5.65. The van der Waals surface area contributed by atoms with Crippen molar-refractivity contribution in [1.29, 1.82) is 0 Å². The molecule has 0 aliphatic heterocycles. The van der Waals surface area contributed by atoms with E-state index in [9.17, 15) is 17.4 Å². The summed E-state index contributed by atoms with van der Waals surface area (Å²) in [4.78, 5) is 3.99. The maximum absolute atomic E-state index is 12.9. The Balaban J connectivity index is 2.71. The minimum Gasteiger partial charge on any atom is -0.261 e. The molecule has 0 aromatic carbocycles. The first-order chi connectivity index (χ1) is 8.49. The fourth-order valence-corrected chi connectivity index (χ4v) is 2.39. The van der Waals surface area contributed by atoms with Crippen LogP contribution in [0.2, 0.25) is 0 Å². The fraction of sp³-hybridized carbons (Fsp3) is 0.583. The van der Waals surface area contributed by atoms with Crippen LogP contribution in [0.4, 0.5) is 13.2 Å². The maximum Gasteiger partial charge on any atom is 0.462 e. The van der Waals surface area contributed by atoms with E-state index in [1.807, 2.05) is 0 Å². The zero-order valence-electron chi connectivity index (χ0n) is 9.98. The van der Waals surface area contributed by atoms with Gasteiger partial charge >= 0.3 is 17.8 Å². The van der Waals surface area contributed by atoms with Crippen molar-refractivity contribution >= 4 is 11.7 Å². The highest BCUT2D eigenvalue weighted by Gasteiger charge is 2.49. The molecule has 0 saturated carbocycles. The Hall–Kier alpha value is -1.04. The Bertz CT molecular complexity index is 369. The molecule has 2 nitrogen and oxygen atoms in total. The smallest absolute Gasteiger partial charge is 0.261 e. The van der Waals surface area contributed by atoms with Gasteiger partial charge < -0.3 is 0 Å². The summed E-state index contributed by atoms with van der Waals surface area (Å²) >= 11 is 0.0496. The molecule has 1 heterocycles. The largest absolute Gasteiger partial charge is 0.462 e. The first-order valence-electron chi connectivity index (χ1n) is 5.74. The number of pyridine rings is 1. The van der Waals surface area contributed by atoms with Gasteiger partial charge in [0, 0.05) is 22.5 Å². The predicted octanol–water partition coefficient (Wildman–Crippen LogP) is 3.40. The van der Waals surface area contributed by atoms with Crippen LogP contribution in [0, 0.1) is 5.92 Å². The molecule has 0 fully saturated rings. The van der Waals surface area contributed by atoms with Gasteiger partial charge in [0.1, 0.15) is 5.92 Å². The lowest BCUT2D eigenvalue weighted by Gasteiger charge is -2.18. The Morgan fingerprint density at radius 1 is 1.39 bits per heavy atom. The van der Waals surface area contributed by atoms with Gasteiger partial charge in [0.2, 0.25) is 5.25 Å². The molecule has 0 spiro atoms. The number of halogens is 3. The van der Waals surface area contributed by atoms with E-state index in [2.05, 4.69) is 4.98 Å². The summed E-state index contributed by atoms with van der Waals surface area (Å²) in [7, 11) is 0. The van der Waals surface area contributed by atoms with Gasteiger partial charge in [0.15, 0.2) is 0 Å². The number of nitrogens with zero attached hydrogens (tertiary/aromatic N) is 1. The highest BCUT2D eigenvalue weighted by Crippen LogP contribution is 2.34. The standard InChI is InChI=1S/C12H15F3NOS/c1-2-11(18-17)10(12(13,14)15)7-6-9-5-3-4-8-16-9/h3-5,8,10-11H,2,6-7H2,1H3/q+1. The highest BCUT2D eigenvalue weighted by atomic mass is 32.1. The van der Waals surface area contributed by atoms with Crippen molar-refractivity contribution in [3.63, 3.8) is 0 Å². The highest BCUT2D eigenvalue weighted by molar-refractivity contribution is 7.66. The molecule has 0 aliphatic rings. The Labute approximate surface area is 108 Å². The van der Waals surface area contributed by atoms with Crippen molar-refractivity contribution in [2.24, 2.45) is 5.92 Å². The predicted molar refractivity (Wildman–Crippen MR) is 64.2 cm³/mol. The summed E-state index contributed by atoms with van der Waals surface area (Å²) in [5.74, 6) is -1.56. The number of aryl methyl sites for hydroxylation is 1. The number of rotatable bonds is 6. The molecule has 0 N–H and O–H groups in total. The van der Waals surface area contributed by atoms with Gasteiger partial charge in [0.05, 0.1) is 0 Å². The lowest BCUT2D eigenvalue weighted by molar-refractivity contribution is -0.176. The lowest BCUT2D eigenvalue weighted by atomic mass is 9.95. The summed E-state index contributed by atoms with van der Waals surface area (Å²) in [6, 6.07) is 5.15. The quantitative estimate of drug-likeness (QED) is 0.746. The molecule has 0 aliphatic carbocycles. The van der Waals surface area contributed by atoms with Gasteiger partial charge in [-0.3, -0.25) is 4.98 Å². The van der Waals surface area contributed by atoms with Crippen LogP contribution < -0.4 is 0 Å². The maximum atomic E-state index is 12.9. The first kappa shape index (κ1) is 15.0. The van der Waals surface area contributed by atoms with E-state index in [0.29, 0.717) is 5.69 Å². The second-order valence-electron chi connectivity index (χ2n) is 4.05. The van der Waals surface area contributed by atoms with E-state index in [-0.39, 0.29) is 30.9 Å². The van der Waals surface area contributed by atoms with Gasteiger partial charge in [-0.2, -0.15) is 13.2 Å². The van der Waals surface area contributed by atoms with Crippen LogP contribution in [-0.2, 0) is 22.3 Å². The average molecular weight is 278 g/mol. The molecule has 1 aromatic heterocycles. The van der Waals surface area contributed by atoms with Crippen molar-refractivity contribution < 1.29 is 17.4 Å². The van der Waals surface area contributed by atoms with E-state index in [1.165, 1.54) is 0 Å². The monoisotopic (exact) mass is 278 g/mol. The SMILES string of the molecule is CCC([S+]=O)C(CCc1ccccn1)C(F)(F)F. The molecule has 6 heteroatoms. The summed E-state index contributed by atoms with van der Waals surface area (Å²) in [5, 5.41) is -0.922. The third-order valence-electron chi connectivity index (χ3n) is 2.83. The zero-order chi connectivity index (χ0) is 13.6. The van der Waals surface area contributed by atoms with E-state index >= 15 is 0 Å². The summed E-state index contributed by atoms with van der Waals surface area (Å²) < 4.78 is 49.4. The van der Waals surface area contributed by atoms with Crippen LogP contribution in [0.1, 0.15) is 25.5 Å². The van der Waals surface area contributed by atoms with Crippen molar-refractivity contribution in [3.05, 3.63) is 30.1 Å². The normalized spacial score (nSPS) is 15.1. The minimum absolute atomic E-state index is 0.0496. The average Bonchev–Trinajstić information content (AvgIpc) is 2.34. The topological polar surface area (TPSA) is 30.0 Å². The van der Waals surface area contributed by atoms with Crippen LogP contribution in [0.25, 0.3) is 0 Å². The van der Waals surface area contributed by atoms with Gasteiger partial charge in [-0.05, 0) is 25.0 Å². The molecule has 100 valence electrons. The molecule has 2 unspecified atom stereocenters. The molecule has 0 saturated heterocycles. The number of aromatic nitrogens is 1. The second-order valence-corrected chi connectivity index (χ2v) is 4.85. The summed E-state index contributed by atoms with van der Waals surface area (Å²) in [6.07, 6.45) is -2.40. The third kappa shape index (κ3) is 4.33. The van der Waals surface area contributed by atoms with E-state index in [4.69, 9.17) is 0 Å². The molecule has 1 aromatic rings. The van der Waals surface area contributed by atoms with Crippen molar-refractivity contribution in [1.82, 2.24) is 4.98 Å². The van der Waals surface area contributed by atoms with E-state index < -0.39 is 17.3 Å². The van der Waals surface area contributed by atoms with E-state index in [1.54, 1.807) is 31.3 Å². The van der Waals surface area contributed by atoms with Crippen LogP contribution in [-0.4, -0.2) is 16.4 Å². The van der Waals surface area contributed by atoms with Crippen molar-refractivity contribution in [2.45, 2.75) is 37.6 Å². The number of alkyl halides is 3. The molecule has 1 rings (SSSR count). The van der Waals surface area contributed by atoms with Gasteiger partial charge in [0.25, 0.3) is 0 Å². The van der Waals surface area contributed by atoms with Crippen LogP contribution in [0.3, 0.4) is 0 Å². The molecular weight excluding hydrogens is 263 g/mol. The van der Waals surface area contributed by atoms with Crippen LogP contribution in [0.5, 0.6) is 0 Å². The van der Waals surface area contributed by atoms with Gasteiger partial charge in [-0.25, -0.2) is 0 Å². The van der Waals surface area contributed by atoms with Crippen molar-refractivity contribution in [3.8, 4) is 0 Å². The molecule has 2 atom stereocenters. The summed E-state index contributed by atoms with van der Waals surface area (Å²) in [6.45, 7) is 1.61. The molecular formula is C12H15F3NOS+.